The van der Waals surface area contributed by atoms with E-state index in [2.05, 4.69) is 89.9 Å². The van der Waals surface area contributed by atoms with Crippen molar-refractivity contribution in [3.63, 3.8) is 0 Å². The zero-order chi connectivity index (χ0) is 26.4. The highest BCUT2D eigenvalue weighted by Crippen LogP contribution is 2.37. The van der Waals surface area contributed by atoms with Gasteiger partial charge in [0, 0.05) is 28.7 Å². The first-order valence-electron chi connectivity index (χ1n) is 12.4. The standard InChI is InChI=1S/C33H23N5/c1-20-12-21(2)32(22(3)13-20)24-8-11-31-28(15-24)27-6-4-5-7-30(27)38(31)29-10-9-25(14-26(29)17-35)33-36-18-23(16-34)19-37-33/h4-15,18-19H,1-3H3. The molecular weight excluding hydrogens is 466 g/mol. The smallest absolute Gasteiger partial charge is 0.159 e. The number of hydrogen-bond acceptors (Lipinski definition) is 4. The minimum atomic E-state index is 0.395. The second kappa shape index (κ2) is 9.00. The maximum absolute atomic E-state index is 10.1. The molecule has 6 aromatic rings. The van der Waals surface area contributed by atoms with Crippen LogP contribution in [0, 0.1) is 43.4 Å². The topological polar surface area (TPSA) is 78.3 Å². The van der Waals surface area contributed by atoms with Crippen LogP contribution in [0.15, 0.2) is 85.2 Å². The summed E-state index contributed by atoms with van der Waals surface area (Å²) in [5.41, 5.74) is 10.8. The highest BCUT2D eigenvalue weighted by molar-refractivity contribution is 6.10. The van der Waals surface area contributed by atoms with Gasteiger partial charge in [0.2, 0.25) is 0 Å². The van der Waals surface area contributed by atoms with Gasteiger partial charge in [-0.15, -0.1) is 0 Å². The largest absolute Gasteiger partial charge is 0.308 e. The number of nitriles is 2. The van der Waals surface area contributed by atoms with E-state index >= 15 is 0 Å². The Morgan fingerprint density at radius 1 is 0.684 bits per heavy atom. The van der Waals surface area contributed by atoms with Gasteiger partial charge in [0.15, 0.2) is 5.82 Å². The van der Waals surface area contributed by atoms with Crippen molar-refractivity contribution in [1.82, 2.24) is 14.5 Å². The molecule has 0 aliphatic rings. The summed E-state index contributed by atoms with van der Waals surface area (Å²) in [6, 6.07) is 29.5. The molecule has 0 saturated carbocycles. The van der Waals surface area contributed by atoms with Gasteiger partial charge >= 0.3 is 0 Å². The van der Waals surface area contributed by atoms with Crippen molar-refractivity contribution in [2.24, 2.45) is 0 Å². The molecule has 2 aromatic heterocycles. The molecule has 4 aromatic carbocycles. The first-order valence-corrected chi connectivity index (χ1v) is 12.4. The molecule has 5 nitrogen and oxygen atoms in total. The normalized spacial score (nSPS) is 11.0. The summed E-state index contributed by atoms with van der Waals surface area (Å²) in [6.45, 7) is 6.47. The lowest BCUT2D eigenvalue weighted by molar-refractivity contribution is 1.14. The van der Waals surface area contributed by atoms with E-state index in [1.165, 1.54) is 40.2 Å². The number of rotatable bonds is 3. The van der Waals surface area contributed by atoms with Crippen LogP contribution in [0.2, 0.25) is 0 Å². The van der Waals surface area contributed by atoms with E-state index in [4.69, 9.17) is 5.26 Å². The van der Waals surface area contributed by atoms with Gasteiger partial charge in [-0.25, -0.2) is 9.97 Å². The fraction of sp³-hybridized carbons (Fsp3) is 0.0909. The Morgan fingerprint density at radius 3 is 2.08 bits per heavy atom. The molecule has 0 aliphatic heterocycles. The molecule has 2 heterocycles. The number of fused-ring (bicyclic) bond motifs is 3. The van der Waals surface area contributed by atoms with E-state index in [0.29, 0.717) is 17.0 Å². The molecule has 0 fully saturated rings. The second-order valence-electron chi connectivity index (χ2n) is 9.61. The van der Waals surface area contributed by atoms with Crippen molar-refractivity contribution < 1.29 is 0 Å². The quantitative estimate of drug-likeness (QED) is 0.257. The minimum Gasteiger partial charge on any atom is -0.308 e. The van der Waals surface area contributed by atoms with Crippen LogP contribution >= 0.6 is 0 Å². The molecule has 0 N–H and O–H groups in total. The predicted molar refractivity (Wildman–Crippen MR) is 151 cm³/mol. The number of hydrogen-bond donors (Lipinski definition) is 0. The Balaban J connectivity index is 1.56. The molecule has 0 aliphatic carbocycles. The summed E-state index contributed by atoms with van der Waals surface area (Å²) in [6.07, 6.45) is 2.98. The maximum atomic E-state index is 10.1. The minimum absolute atomic E-state index is 0.395. The molecule has 180 valence electrons. The zero-order valence-electron chi connectivity index (χ0n) is 21.3. The van der Waals surface area contributed by atoms with Crippen molar-refractivity contribution >= 4 is 21.8 Å². The fourth-order valence-corrected chi connectivity index (χ4v) is 5.52. The van der Waals surface area contributed by atoms with Crippen LogP contribution in [-0.2, 0) is 0 Å². The molecular formula is C33H23N5. The van der Waals surface area contributed by atoms with Crippen molar-refractivity contribution in [1.29, 1.82) is 10.5 Å². The van der Waals surface area contributed by atoms with Crippen LogP contribution in [0.5, 0.6) is 0 Å². The number of para-hydroxylation sites is 1. The lowest BCUT2D eigenvalue weighted by Gasteiger charge is -2.13. The Hall–Kier alpha value is -5.26. The molecule has 0 amide bonds. The highest BCUT2D eigenvalue weighted by Gasteiger charge is 2.17. The summed E-state index contributed by atoms with van der Waals surface area (Å²) >= 11 is 0. The number of aromatic nitrogens is 3. The van der Waals surface area contributed by atoms with Gasteiger partial charge in [0.05, 0.1) is 27.8 Å². The predicted octanol–water partition coefficient (Wildman–Crippen LogP) is 7.58. The monoisotopic (exact) mass is 489 g/mol. The summed E-state index contributed by atoms with van der Waals surface area (Å²) in [5.74, 6) is 0.475. The van der Waals surface area contributed by atoms with E-state index in [-0.39, 0.29) is 0 Å². The Bertz CT molecular complexity index is 1940. The van der Waals surface area contributed by atoms with E-state index < -0.39 is 0 Å². The van der Waals surface area contributed by atoms with E-state index in [0.717, 1.165) is 33.1 Å². The van der Waals surface area contributed by atoms with Gasteiger partial charge in [-0.1, -0.05) is 42.0 Å². The third kappa shape index (κ3) is 3.70. The second-order valence-corrected chi connectivity index (χ2v) is 9.61. The number of aryl methyl sites for hydroxylation is 3. The van der Waals surface area contributed by atoms with Crippen molar-refractivity contribution in [3.8, 4) is 40.3 Å². The summed E-state index contributed by atoms with van der Waals surface area (Å²) in [7, 11) is 0. The summed E-state index contributed by atoms with van der Waals surface area (Å²) < 4.78 is 2.16. The van der Waals surface area contributed by atoms with Crippen molar-refractivity contribution in [2.75, 3.05) is 0 Å². The zero-order valence-corrected chi connectivity index (χ0v) is 21.3. The van der Waals surface area contributed by atoms with Crippen LogP contribution in [-0.4, -0.2) is 14.5 Å². The molecule has 0 spiro atoms. The van der Waals surface area contributed by atoms with E-state index in [1.54, 1.807) is 0 Å². The molecule has 0 unspecified atom stereocenters. The number of benzene rings is 4. The number of nitrogens with zero attached hydrogens (tertiary/aromatic N) is 5. The fourth-order valence-electron chi connectivity index (χ4n) is 5.52. The summed E-state index contributed by atoms with van der Waals surface area (Å²) in [4.78, 5) is 8.59. The van der Waals surface area contributed by atoms with Gasteiger partial charge in [0.25, 0.3) is 0 Å². The first-order chi connectivity index (χ1) is 18.5. The lowest BCUT2D eigenvalue weighted by atomic mass is 9.93. The highest BCUT2D eigenvalue weighted by atomic mass is 15.0. The Labute approximate surface area is 220 Å². The molecule has 0 radical (unpaired) electrons. The average Bonchev–Trinajstić information content (AvgIpc) is 3.26. The van der Waals surface area contributed by atoms with Crippen LogP contribution in [0.3, 0.4) is 0 Å². The van der Waals surface area contributed by atoms with Crippen molar-refractivity contribution in [3.05, 3.63) is 113 Å². The Kier molecular flexibility index (Phi) is 5.48. The van der Waals surface area contributed by atoms with Gasteiger partial charge in [0.1, 0.15) is 12.1 Å². The third-order valence-electron chi connectivity index (χ3n) is 7.04. The van der Waals surface area contributed by atoms with Crippen LogP contribution in [0.1, 0.15) is 27.8 Å². The van der Waals surface area contributed by atoms with Gasteiger partial charge in [-0.05, 0) is 79.4 Å². The molecule has 0 bridgehead atoms. The molecule has 0 atom stereocenters. The lowest BCUT2D eigenvalue weighted by Crippen LogP contribution is -1.99. The van der Waals surface area contributed by atoms with Crippen LogP contribution in [0.4, 0.5) is 0 Å². The molecule has 0 saturated heterocycles. The SMILES string of the molecule is Cc1cc(C)c(-c2ccc3c(c2)c2ccccc2n3-c2ccc(-c3ncc(C#N)cn3)cc2C#N)c(C)c1. The van der Waals surface area contributed by atoms with Gasteiger partial charge in [-0.3, -0.25) is 0 Å². The van der Waals surface area contributed by atoms with E-state index in [1.807, 2.05) is 30.3 Å². The molecule has 6 rings (SSSR count). The van der Waals surface area contributed by atoms with Gasteiger partial charge < -0.3 is 4.57 Å². The molecule has 38 heavy (non-hydrogen) atoms. The summed E-state index contributed by atoms with van der Waals surface area (Å²) in [5, 5.41) is 21.5. The van der Waals surface area contributed by atoms with Gasteiger partial charge in [-0.2, -0.15) is 10.5 Å². The molecule has 5 heteroatoms. The first kappa shape index (κ1) is 23.2. The average molecular weight is 490 g/mol. The van der Waals surface area contributed by atoms with Crippen molar-refractivity contribution in [2.45, 2.75) is 20.8 Å². The van der Waals surface area contributed by atoms with Crippen LogP contribution in [0.25, 0.3) is 50.0 Å². The Morgan fingerprint density at radius 2 is 1.37 bits per heavy atom. The third-order valence-corrected chi connectivity index (χ3v) is 7.04. The maximum Gasteiger partial charge on any atom is 0.159 e. The van der Waals surface area contributed by atoms with Crippen LogP contribution < -0.4 is 0 Å². The van der Waals surface area contributed by atoms with E-state index in [9.17, 15) is 5.26 Å².